The van der Waals surface area contributed by atoms with E-state index in [0.717, 1.165) is 0 Å². The molecule has 1 amide bonds. The van der Waals surface area contributed by atoms with Gasteiger partial charge in [0.1, 0.15) is 13.2 Å². The van der Waals surface area contributed by atoms with Crippen molar-refractivity contribution < 1.29 is 14.3 Å². The number of carbonyl (C=O) groups is 1. The second-order valence-electron chi connectivity index (χ2n) is 4.49. The van der Waals surface area contributed by atoms with Crippen molar-refractivity contribution in [2.45, 2.75) is 19.4 Å². The number of nitrogens with zero attached hydrogens (tertiary/aromatic N) is 2. The molecule has 1 aliphatic heterocycles. The standard InChI is InChI=1S/C14H16N2O3/c1-10(5-6-15)16(2)14(17)11-3-4-12-13(9-11)19-8-7-18-12/h3-4,9-10H,5,7-8H2,1-2H3. The van der Waals surface area contributed by atoms with Crippen LogP contribution in [0.25, 0.3) is 0 Å². The Balaban J connectivity index is 2.17. The van der Waals surface area contributed by atoms with Gasteiger partial charge in [-0.25, -0.2) is 0 Å². The van der Waals surface area contributed by atoms with Gasteiger partial charge in [0.2, 0.25) is 0 Å². The van der Waals surface area contributed by atoms with Gasteiger partial charge < -0.3 is 14.4 Å². The Labute approximate surface area is 112 Å². The van der Waals surface area contributed by atoms with Gasteiger partial charge in [-0.3, -0.25) is 4.79 Å². The van der Waals surface area contributed by atoms with Crippen LogP contribution in [0.4, 0.5) is 0 Å². The smallest absolute Gasteiger partial charge is 0.254 e. The van der Waals surface area contributed by atoms with Crippen molar-refractivity contribution in [1.29, 1.82) is 5.26 Å². The zero-order valence-electron chi connectivity index (χ0n) is 11.0. The SMILES string of the molecule is CC(CC#N)N(C)C(=O)c1ccc2c(c1)OCCO2. The highest BCUT2D eigenvalue weighted by atomic mass is 16.6. The maximum Gasteiger partial charge on any atom is 0.254 e. The Morgan fingerprint density at radius 1 is 1.42 bits per heavy atom. The first kappa shape index (κ1) is 13.2. The van der Waals surface area contributed by atoms with Crippen LogP contribution in [0.2, 0.25) is 0 Å². The molecule has 0 bridgehead atoms. The largest absolute Gasteiger partial charge is 0.486 e. The maximum atomic E-state index is 12.3. The van der Waals surface area contributed by atoms with Crippen LogP contribution in [0.1, 0.15) is 23.7 Å². The van der Waals surface area contributed by atoms with E-state index in [0.29, 0.717) is 36.7 Å². The minimum Gasteiger partial charge on any atom is -0.486 e. The van der Waals surface area contributed by atoms with Gasteiger partial charge in [0, 0.05) is 18.7 Å². The number of rotatable bonds is 3. The van der Waals surface area contributed by atoms with E-state index < -0.39 is 0 Å². The van der Waals surface area contributed by atoms with Crippen molar-refractivity contribution in [3.63, 3.8) is 0 Å². The molecule has 19 heavy (non-hydrogen) atoms. The van der Waals surface area contributed by atoms with E-state index in [1.807, 2.05) is 6.92 Å². The average molecular weight is 260 g/mol. The molecule has 1 atom stereocenters. The van der Waals surface area contributed by atoms with Crippen LogP contribution in [0, 0.1) is 11.3 Å². The van der Waals surface area contributed by atoms with E-state index in [-0.39, 0.29) is 11.9 Å². The number of ether oxygens (including phenoxy) is 2. The quantitative estimate of drug-likeness (QED) is 0.831. The number of carbonyl (C=O) groups excluding carboxylic acids is 1. The summed E-state index contributed by atoms with van der Waals surface area (Å²) in [4.78, 5) is 13.8. The maximum absolute atomic E-state index is 12.3. The van der Waals surface area contributed by atoms with Gasteiger partial charge in [-0.1, -0.05) is 0 Å². The molecule has 5 nitrogen and oxygen atoms in total. The molecule has 0 aromatic heterocycles. The Bertz CT molecular complexity index is 522. The highest BCUT2D eigenvalue weighted by Gasteiger charge is 2.20. The fourth-order valence-corrected chi connectivity index (χ4v) is 1.85. The van der Waals surface area contributed by atoms with Crippen LogP contribution in [0.3, 0.4) is 0 Å². The van der Waals surface area contributed by atoms with E-state index in [4.69, 9.17) is 14.7 Å². The van der Waals surface area contributed by atoms with Crippen LogP contribution < -0.4 is 9.47 Å². The van der Waals surface area contributed by atoms with Crippen molar-refractivity contribution >= 4 is 5.91 Å². The molecule has 0 spiro atoms. The molecule has 0 saturated carbocycles. The molecule has 1 aromatic rings. The first-order chi connectivity index (χ1) is 9.13. The van der Waals surface area contributed by atoms with Crippen molar-refractivity contribution in [2.24, 2.45) is 0 Å². The summed E-state index contributed by atoms with van der Waals surface area (Å²) in [6.45, 7) is 2.86. The van der Waals surface area contributed by atoms with E-state index in [9.17, 15) is 4.79 Å². The summed E-state index contributed by atoms with van der Waals surface area (Å²) in [6.07, 6.45) is 0.312. The summed E-state index contributed by atoms with van der Waals surface area (Å²) in [5, 5.41) is 8.67. The van der Waals surface area contributed by atoms with Gasteiger partial charge in [0.15, 0.2) is 11.5 Å². The van der Waals surface area contributed by atoms with Gasteiger partial charge in [0.25, 0.3) is 5.91 Å². The molecule has 0 saturated heterocycles. The van der Waals surface area contributed by atoms with E-state index >= 15 is 0 Å². The second-order valence-corrected chi connectivity index (χ2v) is 4.49. The Kier molecular flexibility index (Phi) is 3.91. The van der Waals surface area contributed by atoms with Crippen LogP contribution >= 0.6 is 0 Å². The lowest BCUT2D eigenvalue weighted by molar-refractivity contribution is 0.0745. The number of amides is 1. The molecule has 100 valence electrons. The molecular formula is C14H16N2O3. The number of nitriles is 1. The summed E-state index contributed by atoms with van der Waals surface area (Å²) < 4.78 is 10.9. The summed E-state index contributed by atoms with van der Waals surface area (Å²) in [5.41, 5.74) is 0.538. The predicted octanol–water partition coefficient (Wildman–Crippen LogP) is 1.83. The Morgan fingerprint density at radius 2 is 2.11 bits per heavy atom. The minimum atomic E-state index is -0.125. The van der Waals surface area contributed by atoms with Gasteiger partial charge in [0.05, 0.1) is 12.5 Å². The van der Waals surface area contributed by atoms with Gasteiger partial charge in [-0.15, -0.1) is 0 Å². The van der Waals surface area contributed by atoms with Crippen LogP contribution in [0.5, 0.6) is 11.5 Å². The first-order valence-electron chi connectivity index (χ1n) is 6.17. The number of hydrogen-bond donors (Lipinski definition) is 0. The highest BCUT2D eigenvalue weighted by Crippen LogP contribution is 2.31. The molecule has 1 aliphatic rings. The molecule has 0 aliphatic carbocycles. The Morgan fingerprint density at radius 3 is 2.79 bits per heavy atom. The first-order valence-corrected chi connectivity index (χ1v) is 6.17. The van der Waals surface area contributed by atoms with Crippen LogP contribution in [-0.4, -0.2) is 37.1 Å². The normalized spacial score (nSPS) is 14.4. The molecule has 1 unspecified atom stereocenters. The summed E-state index contributed by atoms with van der Waals surface area (Å²) in [5.74, 6) is 1.13. The minimum absolute atomic E-state index is 0.120. The molecule has 1 heterocycles. The number of fused-ring (bicyclic) bond motifs is 1. The lowest BCUT2D eigenvalue weighted by Gasteiger charge is -2.24. The lowest BCUT2D eigenvalue weighted by Crippen LogP contribution is -2.34. The van der Waals surface area contributed by atoms with Crippen LogP contribution in [0.15, 0.2) is 18.2 Å². The van der Waals surface area contributed by atoms with Gasteiger partial charge in [-0.2, -0.15) is 5.26 Å². The third-order valence-electron chi connectivity index (χ3n) is 3.16. The summed E-state index contributed by atoms with van der Waals surface area (Å²) in [6, 6.07) is 7.09. The average Bonchev–Trinajstić information content (AvgIpc) is 2.45. The monoisotopic (exact) mass is 260 g/mol. The molecule has 2 rings (SSSR count). The Hall–Kier alpha value is -2.22. The summed E-state index contributed by atoms with van der Waals surface area (Å²) in [7, 11) is 1.70. The predicted molar refractivity (Wildman–Crippen MR) is 69.2 cm³/mol. The fraction of sp³-hybridized carbons (Fsp3) is 0.429. The molecule has 1 aromatic carbocycles. The molecule has 0 N–H and O–H groups in total. The zero-order chi connectivity index (χ0) is 13.8. The number of benzene rings is 1. The van der Waals surface area contributed by atoms with E-state index in [1.54, 1.807) is 30.1 Å². The van der Waals surface area contributed by atoms with Crippen molar-refractivity contribution in [3.05, 3.63) is 23.8 Å². The molecule has 5 heteroatoms. The molecular weight excluding hydrogens is 244 g/mol. The van der Waals surface area contributed by atoms with Crippen LogP contribution in [-0.2, 0) is 0 Å². The third kappa shape index (κ3) is 2.79. The molecule has 0 radical (unpaired) electrons. The van der Waals surface area contributed by atoms with Crippen molar-refractivity contribution in [2.75, 3.05) is 20.3 Å². The second kappa shape index (κ2) is 5.61. The van der Waals surface area contributed by atoms with Gasteiger partial charge >= 0.3 is 0 Å². The number of hydrogen-bond acceptors (Lipinski definition) is 4. The highest BCUT2D eigenvalue weighted by molar-refractivity contribution is 5.95. The van der Waals surface area contributed by atoms with Gasteiger partial charge in [-0.05, 0) is 25.1 Å². The van der Waals surface area contributed by atoms with Crippen molar-refractivity contribution in [1.82, 2.24) is 4.90 Å². The van der Waals surface area contributed by atoms with Crippen molar-refractivity contribution in [3.8, 4) is 17.6 Å². The topological polar surface area (TPSA) is 62.6 Å². The van der Waals surface area contributed by atoms with E-state index in [1.165, 1.54) is 0 Å². The molecule has 0 fully saturated rings. The van der Waals surface area contributed by atoms with E-state index in [2.05, 4.69) is 6.07 Å². The fourth-order valence-electron chi connectivity index (χ4n) is 1.85. The lowest BCUT2D eigenvalue weighted by atomic mass is 10.1. The third-order valence-corrected chi connectivity index (χ3v) is 3.16. The zero-order valence-corrected chi connectivity index (χ0v) is 11.0. The summed E-state index contributed by atoms with van der Waals surface area (Å²) >= 11 is 0.